The number of benzene rings is 1. The minimum atomic E-state index is -4.43. The molecule has 1 aliphatic heterocycles. The van der Waals surface area contributed by atoms with E-state index in [2.05, 4.69) is 5.32 Å². The van der Waals surface area contributed by atoms with Gasteiger partial charge in [0.2, 0.25) is 0 Å². The van der Waals surface area contributed by atoms with Crippen LogP contribution in [0.2, 0.25) is 0 Å². The summed E-state index contributed by atoms with van der Waals surface area (Å²) in [5, 5.41) is 2.67. The van der Waals surface area contributed by atoms with Crippen LogP contribution in [0.5, 0.6) is 0 Å². The Morgan fingerprint density at radius 3 is 2.35 bits per heavy atom. The van der Waals surface area contributed by atoms with Gasteiger partial charge in [0.25, 0.3) is 0 Å². The minimum absolute atomic E-state index is 0.282. The Morgan fingerprint density at radius 2 is 1.80 bits per heavy atom. The number of hydrogen-bond acceptors (Lipinski definition) is 1. The molecule has 0 fully saturated rings. The van der Waals surface area contributed by atoms with Crippen LogP contribution >= 0.6 is 0 Å². The Kier molecular flexibility index (Phi) is 3.44. The molecule has 0 spiro atoms. The Labute approximate surface area is 115 Å². The molecule has 20 heavy (non-hydrogen) atoms. The minimum Gasteiger partial charge on any atom is -0.330 e. The SMILES string of the molecule is CC(C)(C)C1NC(=O)N(CC(F)(F)F)c2ccccc21. The van der Waals surface area contributed by atoms with Gasteiger partial charge in [0.15, 0.2) is 0 Å². The smallest absolute Gasteiger partial charge is 0.330 e. The van der Waals surface area contributed by atoms with Gasteiger partial charge in [-0.25, -0.2) is 4.79 Å². The Hall–Kier alpha value is -1.72. The van der Waals surface area contributed by atoms with Crippen LogP contribution in [-0.2, 0) is 0 Å². The number of amides is 2. The van der Waals surface area contributed by atoms with Gasteiger partial charge in [-0.05, 0) is 17.0 Å². The first-order valence-corrected chi connectivity index (χ1v) is 6.33. The summed E-state index contributed by atoms with van der Waals surface area (Å²) in [6.45, 7) is 4.53. The fourth-order valence-corrected chi connectivity index (χ4v) is 2.39. The summed E-state index contributed by atoms with van der Waals surface area (Å²) in [6.07, 6.45) is -4.43. The maximum Gasteiger partial charge on any atom is 0.406 e. The number of carbonyl (C=O) groups is 1. The van der Waals surface area contributed by atoms with E-state index in [-0.39, 0.29) is 11.5 Å². The fraction of sp³-hybridized carbons (Fsp3) is 0.500. The molecule has 1 heterocycles. The zero-order chi connectivity index (χ0) is 15.1. The summed E-state index contributed by atoms with van der Waals surface area (Å²) in [6, 6.07) is 5.70. The average molecular weight is 286 g/mol. The number of nitrogens with zero attached hydrogens (tertiary/aromatic N) is 1. The van der Waals surface area contributed by atoms with Crippen LogP contribution in [0.4, 0.5) is 23.7 Å². The molecule has 0 bridgehead atoms. The van der Waals surface area contributed by atoms with Crippen molar-refractivity contribution < 1.29 is 18.0 Å². The zero-order valence-corrected chi connectivity index (χ0v) is 11.6. The molecule has 0 saturated heterocycles. The molecule has 2 rings (SSSR count). The van der Waals surface area contributed by atoms with Gasteiger partial charge in [0.05, 0.1) is 11.7 Å². The van der Waals surface area contributed by atoms with E-state index in [0.29, 0.717) is 11.3 Å². The van der Waals surface area contributed by atoms with Crippen molar-refractivity contribution in [1.82, 2.24) is 5.32 Å². The van der Waals surface area contributed by atoms with Gasteiger partial charge in [-0.1, -0.05) is 39.0 Å². The quantitative estimate of drug-likeness (QED) is 0.835. The number of nitrogens with one attached hydrogen (secondary N) is 1. The van der Waals surface area contributed by atoms with Crippen molar-refractivity contribution in [2.75, 3.05) is 11.4 Å². The summed E-state index contributed by atoms with van der Waals surface area (Å²) >= 11 is 0. The van der Waals surface area contributed by atoms with Crippen LogP contribution in [0.3, 0.4) is 0 Å². The predicted octanol–water partition coefficient (Wildman–Crippen LogP) is 3.87. The van der Waals surface area contributed by atoms with Crippen LogP contribution in [0, 0.1) is 5.41 Å². The van der Waals surface area contributed by atoms with E-state index in [1.807, 2.05) is 20.8 Å². The van der Waals surface area contributed by atoms with Crippen molar-refractivity contribution in [3.63, 3.8) is 0 Å². The van der Waals surface area contributed by atoms with E-state index in [0.717, 1.165) is 4.90 Å². The predicted molar refractivity (Wildman–Crippen MR) is 70.6 cm³/mol. The van der Waals surface area contributed by atoms with Gasteiger partial charge >= 0.3 is 12.2 Å². The van der Waals surface area contributed by atoms with E-state index in [4.69, 9.17) is 0 Å². The first-order chi connectivity index (χ1) is 9.09. The second-order valence-corrected chi connectivity index (χ2v) is 6.01. The zero-order valence-electron chi connectivity index (χ0n) is 11.6. The molecule has 1 aromatic rings. The molecular formula is C14H17F3N2O. The van der Waals surface area contributed by atoms with Crippen LogP contribution in [-0.4, -0.2) is 18.8 Å². The molecule has 1 aromatic carbocycles. The van der Waals surface area contributed by atoms with E-state index in [9.17, 15) is 18.0 Å². The molecule has 2 amide bonds. The highest BCUT2D eigenvalue weighted by atomic mass is 19.4. The third-order valence-corrected chi connectivity index (χ3v) is 3.25. The molecule has 1 aliphatic rings. The summed E-state index contributed by atoms with van der Waals surface area (Å²) in [5.74, 6) is 0. The lowest BCUT2D eigenvalue weighted by Crippen LogP contribution is -2.52. The summed E-state index contributed by atoms with van der Waals surface area (Å²) < 4.78 is 37.9. The van der Waals surface area contributed by atoms with Crippen molar-refractivity contribution in [3.05, 3.63) is 29.8 Å². The Balaban J connectivity index is 2.46. The van der Waals surface area contributed by atoms with Crippen LogP contribution in [0.1, 0.15) is 32.4 Å². The lowest BCUT2D eigenvalue weighted by Gasteiger charge is -2.41. The standard InChI is InChI=1S/C14H17F3N2O/c1-13(2,3)11-9-6-4-5-7-10(9)19(12(20)18-11)8-14(15,16)17/h4-7,11H,8H2,1-3H3,(H,18,20). The molecule has 0 radical (unpaired) electrons. The Bertz CT molecular complexity index is 520. The number of halogens is 3. The second kappa shape index (κ2) is 4.68. The third-order valence-electron chi connectivity index (χ3n) is 3.25. The number of para-hydroxylation sites is 1. The highest BCUT2D eigenvalue weighted by Crippen LogP contribution is 2.41. The number of rotatable bonds is 1. The first-order valence-electron chi connectivity index (χ1n) is 6.33. The van der Waals surface area contributed by atoms with Gasteiger partial charge in [0, 0.05) is 0 Å². The second-order valence-electron chi connectivity index (χ2n) is 6.01. The highest BCUT2D eigenvalue weighted by Gasteiger charge is 2.41. The highest BCUT2D eigenvalue weighted by molar-refractivity contribution is 5.95. The van der Waals surface area contributed by atoms with E-state index in [1.54, 1.807) is 24.3 Å². The van der Waals surface area contributed by atoms with E-state index >= 15 is 0 Å². The van der Waals surface area contributed by atoms with Crippen molar-refractivity contribution in [3.8, 4) is 0 Å². The molecule has 3 nitrogen and oxygen atoms in total. The summed E-state index contributed by atoms with van der Waals surface area (Å²) in [4.78, 5) is 12.8. The van der Waals surface area contributed by atoms with Gasteiger partial charge in [-0.2, -0.15) is 13.2 Å². The number of hydrogen-bond donors (Lipinski definition) is 1. The van der Waals surface area contributed by atoms with Gasteiger partial charge in [0.1, 0.15) is 6.54 Å². The molecule has 1 N–H and O–H groups in total. The van der Waals surface area contributed by atoms with Gasteiger partial charge in [-0.3, -0.25) is 4.90 Å². The fourth-order valence-electron chi connectivity index (χ4n) is 2.39. The number of carbonyl (C=O) groups excluding carboxylic acids is 1. The lowest BCUT2D eigenvalue weighted by molar-refractivity contribution is -0.118. The van der Waals surface area contributed by atoms with Crippen LogP contribution in [0.15, 0.2) is 24.3 Å². The van der Waals surface area contributed by atoms with Crippen LogP contribution < -0.4 is 10.2 Å². The van der Waals surface area contributed by atoms with Gasteiger partial charge in [-0.15, -0.1) is 0 Å². The summed E-state index contributed by atoms with van der Waals surface area (Å²) in [5.41, 5.74) is 0.758. The largest absolute Gasteiger partial charge is 0.406 e. The monoisotopic (exact) mass is 286 g/mol. The number of fused-ring (bicyclic) bond motifs is 1. The normalized spacial score (nSPS) is 19.6. The van der Waals surface area contributed by atoms with Crippen molar-refractivity contribution in [2.24, 2.45) is 5.41 Å². The topological polar surface area (TPSA) is 32.3 Å². The molecule has 110 valence electrons. The summed E-state index contributed by atoms with van der Waals surface area (Å²) in [7, 11) is 0. The van der Waals surface area contributed by atoms with Crippen molar-refractivity contribution in [2.45, 2.75) is 33.0 Å². The third kappa shape index (κ3) is 2.89. The number of alkyl halides is 3. The maximum atomic E-state index is 12.6. The number of urea groups is 1. The lowest BCUT2D eigenvalue weighted by atomic mass is 9.80. The van der Waals surface area contributed by atoms with E-state index < -0.39 is 18.8 Å². The molecule has 1 unspecified atom stereocenters. The Morgan fingerprint density at radius 1 is 1.20 bits per heavy atom. The van der Waals surface area contributed by atoms with E-state index in [1.165, 1.54) is 0 Å². The molecular weight excluding hydrogens is 269 g/mol. The maximum absolute atomic E-state index is 12.6. The number of anilines is 1. The molecule has 0 saturated carbocycles. The molecule has 0 aliphatic carbocycles. The molecule has 0 aromatic heterocycles. The molecule has 6 heteroatoms. The first kappa shape index (κ1) is 14.7. The van der Waals surface area contributed by atoms with Crippen LogP contribution in [0.25, 0.3) is 0 Å². The molecule has 1 atom stereocenters. The van der Waals surface area contributed by atoms with Gasteiger partial charge < -0.3 is 5.32 Å². The average Bonchev–Trinajstić information content (AvgIpc) is 2.29. The van der Waals surface area contributed by atoms with Crippen molar-refractivity contribution >= 4 is 11.7 Å². The van der Waals surface area contributed by atoms with Crippen molar-refractivity contribution in [1.29, 1.82) is 0 Å².